The zero-order valence-electron chi connectivity index (χ0n) is 5.79. The van der Waals surface area contributed by atoms with Gasteiger partial charge in [-0.3, -0.25) is 4.79 Å². The Morgan fingerprint density at radius 2 is 2.10 bits per heavy atom. The van der Waals surface area contributed by atoms with Crippen LogP contribution in [0.3, 0.4) is 0 Å². The number of nitrogens with zero attached hydrogens (tertiary/aromatic N) is 1. The number of carbonyl (C=O) groups is 1. The number of likely N-dealkylation sites (N-methyl/N-ethyl adjacent to an activating group) is 1. The molecule has 0 aliphatic heterocycles. The summed E-state index contributed by atoms with van der Waals surface area (Å²) in [7, 11) is 3.84. The maximum Gasteiger partial charge on any atom is 0.241 e. The van der Waals surface area contributed by atoms with E-state index in [-0.39, 0.29) is 7.43 Å². The molecule has 0 radical (unpaired) electrons. The summed E-state index contributed by atoms with van der Waals surface area (Å²) in [5.74, 6) is -0.392. The fourth-order valence-corrected chi connectivity index (χ4v) is 0.380. The van der Waals surface area contributed by atoms with Crippen molar-refractivity contribution < 1.29 is 4.79 Å². The van der Waals surface area contributed by atoms with Gasteiger partial charge in [0.1, 0.15) is 0 Å². The Morgan fingerprint density at radius 1 is 1.60 bits per heavy atom. The van der Waals surface area contributed by atoms with E-state index < -0.39 is 5.91 Å². The van der Waals surface area contributed by atoms with Crippen molar-refractivity contribution >= 4 is 5.91 Å². The minimum absolute atomic E-state index is 0. The lowest BCUT2D eigenvalue weighted by atomic mass is 10.4. The highest BCUT2D eigenvalue weighted by atomic mass is 16.1. The molecule has 3 heteroatoms. The fourth-order valence-electron chi connectivity index (χ4n) is 0.380. The molecule has 0 aromatic heterocycles. The molecule has 0 aliphatic rings. The maximum absolute atomic E-state index is 10.1. The molecule has 0 atom stereocenters. The van der Waals surface area contributed by atoms with Crippen molar-refractivity contribution in [1.82, 2.24) is 4.90 Å². The molecule has 0 aromatic rings. The predicted octanol–water partition coefficient (Wildman–Crippen LogP) is 0.226. The number of nitrogens with two attached hydrogens (primary N) is 1. The van der Waals surface area contributed by atoms with E-state index in [2.05, 4.69) is 0 Å². The van der Waals surface area contributed by atoms with Crippen molar-refractivity contribution in [2.45, 2.75) is 7.43 Å². The molecule has 0 fully saturated rings. The summed E-state index contributed by atoms with van der Waals surface area (Å²) in [6.45, 7) is 0.753. The molecule has 0 saturated heterocycles. The summed E-state index contributed by atoms with van der Waals surface area (Å²) in [5.41, 5.74) is 4.83. The summed E-state index contributed by atoms with van der Waals surface area (Å²) < 4.78 is 0. The average Bonchev–Trinajstić information content (AvgIpc) is 1.63. The Morgan fingerprint density at radius 3 is 2.40 bits per heavy atom. The summed E-state index contributed by atoms with van der Waals surface area (Å²) >= 11 is 0. The van der Waals surface area contributed by atoms with E-state index in [1.165, 1.54) is 6.08 Å². The second-order valence-electron chi connectivity index (χ2n) is 2.07. The SMILES string of the molecule is C.CN(C)C/C=C/C(N)=O. The van der Waals surface area contributed by atoms with Crippen LogP contribution in [0.15, 0.2) is 12.2 Å². The van der Waals surface area contributed by atoms with E-state index in [1.807, 2.05) is 19.0 Å². The molecule has 3 nitrogen and oxygen atoms in total. The third kappa shape index (κ3) is 10.2. The zero-order chi connectivity index (χ0) is 7.28. The molecule has 0 aromatic carbocycles. The molecule has 0 heterocycles. The van der Waals surface area contributed by atoms with Crippen LogP contribution in [0.1, 0.15) is 7.43 Å². The lowest BCUT2D eigenvalue weighted by Gasteiger charge is -2.02. The van der Waals surface area contributed by atoms with Crippen molar-refractivity contribution in [3.63, 3.8) is 0 Å². The number of hydrogen-bond acceptors (Lipinski definition) is 2. The topological polar surface area (TPSA) is 46.3 Å². The van der Waals surface area contributed by atoms with Gasteiger partial charge in [-0.25, -0.2) is 0 Å². The molecule has 0 unspecified atom stereocenters. The minimum Gasteiger partial charge on any atom is -0.366 e. The zero-order valence-corrected chi connectivity index (χ0v) is 5.79. The first-order chi connectivity index (χ1) is 4.13. The summed E-state index contributed by atoms with van der Waals surface area (Å²) in [5, 5.41) is 0. The smallest absolute Gasteiger partial charge is 0.241 e. The molecule has 0 saturated carbocycles. The monoisotopic (exact) mass is 144 g/mol. The van der Waals surface area contributed by atoms with Gasteiger partial charge in [0.2, 0.25) is 5.91 Å². The van der Waals surface area contributed by atoms with Gasteiger partial charge in [-0.1, -0.05) is 13.5 Å². The number of hydrogen-bond donors (Lipinski definition) is 1. The first-order valence-corrected chi connectivity index (χ1v) is 2.73. The Labute approximate surface area is 62.5 Å². The number of primary amides is 1. The van der Waals surface area contributed by atoms with Gasteiger partial charge in [-0.05, 0) is 20.2 Å². The van der Waals surface area contributed by atoms with Crippen molar-refractivity contribution in [2.75, 3.05) is 20.6 Å². The third-order valence-corrected chi connectivity index (χ3v) is 0.753. The molecule has 2 N–H and O–H groups in total. The number of rotatable bonds is 3. The van der Waals surface area contributed by atoms with E-state index in [4.69, 9.17) is 5.73 Å². The highest BCUT2D eigenvalue weighted by molar-refractivity contribution is 5.85. The first-order valence-electron chi connectivity index (χ1n) is 2.73. The van der Waals surface area contributed by atoms with Gasteiger partial charge in [0, 0.05) is 6.54 Å². The van der Waals surface area contributed by atoms with Crippen LogP contribution >= 0.6 is 0 Å². The van der Waals surface area contributed by atoms with Gasteiger partial charge in [0.15, 0.2) is 0 Å². The van der Waals surface area contributed by atoms with Gasteiger partial charge < -0.3 is 10.6 Å². The average molecular weight is 144 g/mol. The standard InChI is InChI=1S/C6H12N2O.CH4/c1-8(2)5-3-4-6(7)9;/h3-4H,5H2,1-2H3,(H2,7,9);1H4/b4-3+;. The fraction of sp³-hybridized carbons (Fsp3) is 0.571. The van der Waals surface area contributed by atoms with Gasteiger partial charge >= 0.3 is 0 Å². The second kappa shape index (κ2) is 6.29. The van der Waals surface area contributed by atoms with E-state index in [0.717, 1.165) is 6.54 Å². The van der Waals surface area contributed by atoms with E-state index in [1.54, 1.807) is 6.08 Å². The molecule has 0 aliphatic carbocycles. The van der Waals surface area contributed by atoms with Crippen molar-refractivity contribution in [3.05, 3.63) is 12.2 Å². The molecule has 0 bridgehead atoms. The molecular weight excluding hydrogens is 128 g/mol. The summed E-state index contributed by atoms with van der Waals surface area (Å²) in [6.07, 6.45) is 3.09. The first kappa shape index (κ1) is 11.9. The van der Waals surface area contributed by atoms with Crippen LogP contribution in [0.5, 0.6) is 0 Å². The van der Waals surface area contributed by atoms with Crippen LogP contribution in [0.25, 0.3) is 0 Å². The van der Waals surface area contributed by atoms with E-state index >= 15 is 0 Å². The minimum atomic E-state index is -0.392. The molecule has 1 amide bonds. The Bertz CT molecular complexity index is 119. The Balaban J connectivity index is 0. The van der Waals surface area contributed by atoms with E-state index in [9.17, 15) is 4.79 Å². The van der Waals surface area contributed by atoms with Crippen LogP contribution in [0.4, 0.5) is 0 Å². The largest absolute Gasteiger partial charge is 0.366 e. The van der Waals surface area contributed by atoms with Crippen LogP contribution in [-0.2, 0) is 4.79 Å². The normalized spacial score (nSPS) is 9.90. The second-order valence-corrected chi connectivity index (χ2v) is 2.07. The highest BCUT2D eigenvalue weighted by Gasteiger charge is 1.83. The van der Waals surface area contributed by atoms with Crippen molar-refractivity contribution in [2.24, 2.45) is 5.73 Å². The van der Waals surface area contributed by atoms with Crippen LogP contribution in [-0.4, -0.2) is 31.4 Å². The van der Waals surface area contributed by atoms with Crippen molar-refractivity contribution in [1.29, 1.82) is 0 Å². The van der Waals surface area contributed by atoms with Crippen LogP contribution in [0.2, 0.25) is 0 Å². The Kier molecular flexibility index (Phi) is 7.49. The molecular formula is C7H16N2O. The molecule has 0 spiro atoms. The Hall–Kier alpha value is -0.830. The maximum atomic E-state index is 10.1. The van der Waals surface area contributed by atoms with Crippen LogP contribution in [0, 0.1) is 0 Å². The quantitative estimate of drug-likeness (QED) is 0.576. The van der Waals surface area contributed by atoms with Crippen LogP contribution < -0.4 is 5.73 Å². The number of amides is 1. The van der Waals surface area contributed by atoms with Crippen molar-refractivity contribution in [3.8, 4) is 0 Å². The highest BCUT2D eigenvalue weighted by Crippen LogP contribution is 1.75. The summed E-state index contributed by atoms with van der Waals surface area (Å²) in [6, 6.07) is 0. The van der Waals surface area contributed by atoms with Gasteiger partial charge in [0.05, 0.1) is 0 Å². The van der Waals surface area contributed by atoms with E-state index in [0.29, 0.717) is 0 Å². The van der Waals surface area contributed by atoms with Gasteiger partial charge in [-0.15, -0.1) is 0 Å². The molecule has 10 heavy (non-hydrogen) atoms. The molecule has 60 valence electrons. The van der Waals surface area contributed by atoms with Gasteiger partial charge in [0.25, 0.3) is 0 Å². The third-order valence-electron chi connectivity index (χ3n) is 0.753. The predicted molar refractivity (Wildman–Crippen MR) is 43.6 cm³/mol. The summed E-state index contributed by atoms with van der Waals surface area (Å²) in [4.78, 5) is 12.0. The molecule has 0 rings (SSSR count). The number of carbonyl (C=O) groups excluding carboxylic acids is 1. The van der Waals surface area contributed by atoms with Gasteiger partial charge in [-0.2, -0.15) is 0 Å². The lowest BCUT2D eigenvalue weighted by molar-refractivity contribution is -0.113. The lowest BCUT2D eigenvalue weighted by Crippen LogP contribution is -2.12.